The minimum atomic E-state index is -0.694. The number of benzene rings is 2. The minimum absolute atomic E-state index is 0.108. The Kier molecular flexibility index (Phi) is 6.57. The van der Waals surface area contributed by atoms with Crippen LogP contribution in [0.4, 0.5) is 11.4 Å². The van der Waals surface area contributed by atoms with Gasteiger partial charge in [-0.05, 0) is 51.8 Å². The van der Waals surface area contributed by atoms with Gasteiger partial charge in [-0.3, -0.25) is 24.5 Å². The fraction of sp³-hybridized carbons (Fsp3) is 0.348. The van der Waals surface area contributed by atoms with Crippen LogP contribution in [0.15, 0.2) is 48.5 Å². The Morgan fingerprint density at radius 1 is 1.03 bits per heavy atom. The highest BCUT2D eigenvalue weighted by atomic mass is 16.6. The molecule has 0 radical (unpaired) electrons. The molecule has 0 saturated carbocycles. The molecule has 0 bridgehead atoms. The fourth-order valence-corrected chi connectivity index (χ4v) is 3.68. The van der Waals surface area contributed by atoms with Crippen molar-refractivity contribution in [3.05, 3.63) is 69.8 Å². The largest absolute Gasteiger partial charge is 0.350 e. The van der Waals surface area contributed by atoms with E-state index in [1.807, 2.05) is 20.8 Å². The first-order valence-electron chi connectivity index (χ1n) is 10.4. The van der Waals surface area contributed by atoms with E-state index in [0.29, 0.717) is 19.4 Å². The molecule has 32 heavy (non-hydrogen) atoms. The lowest BCUT2D eigenvalue weighted by Crippen LogP contribution is -2.51. The second kappa shape index (κ2) is 9.17. The third-order valence-electron chi connectivity index (χ3n) is 5.07. The molecule has 1 saturated heterocycles. The maximum atomic E-state index is 13.3. The van der Waals surface area contributed by atoms with Crippen LogP contribution in [0, 0.1) is 10.1 Å². The number of hydrogen-bond acceptors (Lipinski definition) is 5. The predicted octanol–water partition coefficient (Wildman–Crippen LogP) is 3.37. The van der Waals surface area contributed by atoms with Crippen molar-refractivity contribution < 1.29 is 19.3 Å². The first-order valence-corrected chi connectivity index (χ1v) is 10.4. The van der Waals surface area contributed by atoms with Gasteiger partial charge < -0.3 is 15.5 Å². The molecule has 1 aliphatic rings. The summed E-state index contributed by atoms with van der Waals surface area (Å²) in [5, 5.41) is 16.8. The Morgan fingerprint density at radius 2 is 1.66 bits per heavy atom. The molecule has 3 amide bonds. The standard InChI is InChI=1S/C23H26N4O5/c1-23(2,3)25-21(29)19-13-8-14-26(19)22(30)15-9-4-6-11-17(15)24-20(28)16-10-5-7-12-18(16)27(31)32/h4-7,9-12,19H,8,13-14H2,1-3H3,(H,24,28)(H,25,29)/t19-/m0/s1. The minimum Gasteiger partial charge on any atom is -0.350 e. The zero-order valence-corrected chi connectivity index (χ0v) is 18.3. The summed E-state index contributed by atoms with van der Waals surface area (Å²) in [4.78, 5) is 50.9. The molecule has 3 rings (SSSR count). The van der Waals surface area contributed by atoms with Gasteiger partial charge in [-0.2, -0.15) is 0 Å². The summed E-state index contributed by atoms with van der Waals surface area (Å²) in [6.07, 6.45) is 1.25. The Balaban J connectivity index is 1.85. The van der Waals surface area contributed by atoms with E-state index in [-0.39, 0.29) is 34.3 Å². The van der Waals surface area contributed by atoms with E-state index in [4.69, 9.17) is 0 Å². The van der Waals surface area contributed by atoms with E-state index in [0.717, 1.165) is 0 Å². The maximum absolute atomic E-state index is 13.3. The Bertz CT molecular complexity index is 1060. The molecule has 1 atom stereocenters. The van der Waals surface area contributed by atoms with Crippen LogP contribution in [0.1, 0.15) is 54.3 Å². The van der Waals surface area contributed by atoms with Crippen LogP contribution in [0.2, 0.25) is 0 Å². The van der Waals surface area contributed by atoms with Crippen molar-refractivity contribution in [2.24, 2.45) is 0 Å². The van der Waals surface area contributed by atoms with Crippen molar-refractivity contribution in [2.45, 2.75) is 45.2 Å². The van der Waals surface area contributed by atoms with E-state index < -0.39 is 22.4 Å². The lowest BCUT2D eigenvalue weighted by atomic mass is 10.1. The van der Waals surface area contributed by atoms with Crippen molar-refractivity contribution in [3.63, 3.8) is 0 Å². The predicted molar refractivity (Wildman–Crippen MR) is 119 cm³/mol. The molecular formula is C23H26N4O5. The maximum Gasteiger partial charge on any atom is 0.282 e. The van der Waals surface area contributed by atoms with Gasteiger partial charge >= 0.3 is 0 Å². The number of anilines is 1. The van der Waals surface area contributed by atoms with Gasteiger partial charge in [0, 0.05) is 18.2 Å². The molecule has 1 fully saturated rings. The average molecular weight is 438 g/mol. The van der Waals surface area contributed by atoms with Crippen LogP contribution in [0.25, 0.3) is 0 Å². The number of likely N-dealkylation sites (tertiary alicyclic amines) is 1. The monoisotopic (exact) mass is 438 g/mol. The van der Waals surface area contributed by atoms with Crippen molar-refractivity contribution in [2.75, 3.05) is 11.9 Å². The number of amides is 3. The highest BCUT2D eigenvalue weighted by Gasteiger charge is 2.36. The number of nitrogens with one attached hydrogen (secondary N) is 2. The molecule has 0 spiro atoms. The van der Waals surface area contributed by atoms with Gasteiger partial charge in [0.2, 0.25) is 5.91 Å². The summed E-state index contributed by atoms with van der Waals surface area (Å²) in [6.45, 7) is 6.05. The van der Waals surface area contributed by atoms with Crippen molar-refractivity contribution in [1.29, 1.82) is 0 Å². The van der Waals surface area contributed by atoms with E-state index in [1.165, 1.54) is 29.2 Å². The number of nitro groups is 1. The topological polar surface area (TPSA) is 122 Å². The molecule has 9 nitrogen and oxygen atoms in total. The summed E-state index contributed by atoms with van der Waals surface area (Å²) in [5.74, 6) is -1.29. The lowest BCUT2D eigenvalue weighted by molar-refractivity contribution is -0.385. The highest BCUT2D eigenvalue weighted by molar-refractivity contribution is 6.11. The number of nitrogens with zero attached hydrogens (tertiary/aromatic N) is 2. The van der Waals surface area contributed by atoms with E-state index in [1.54, 1.807) is 24.3 Å². The van der Waals surface area contributed by atoms with Gasteiger partial charge in [-0.15, -0.1) is 0 Å². The van der Waals surface area contributed by atoms with Crippen LogP contribution in [0.3, 0.4) is 0 Å². The lowest BCUT2D eigenvalue weighted by Gasteiger charge is -2.28. The summed E-state index contributed by atoms with van der Waals surface area (Å²) in [7, 11) is 0. The summed E-state index contributed by atoms with van der Waals surface area (Å²) in [5.41, 5.74) is -0.418. The Morgan fingerprint density at radius 3 is 2.31 bits per heavy atom. The third-order valence-corrected chi connectivity index (χ3v) is 5.07. The number of carbonyl (C=O) groups is 3. The van der Waals surface area contributed by atoms with Crippen LogP contribution in [0.5, 0.6) is 0 Å². The Labute approximate surface area is 185 Å². The second-order valence-corrected chi connectivity index (χ2v) is 8.67. The summed E-state index contributed by atoms with van der Waals surface area (Å²) >= 11 is 0. The SMILES string of the molecule is CC(C)(C)NC(=O)[C@@H]1CCCN1C(=O)c1ccccc1NC(=O)c1ccccc1[N+](=O)[O-]. The van der Waals surface area contributed by atoms with Crippen LogP contribution in [-0.4, -0.2) is 45.7 Å². The van der Waals surface area contributed by atoms with Crippen LogP contribution in [-0.2, 0) is 4.79 Å². The summed E-state index contributed by atoms with van der Waals surface area (Å²) < 4.78 is 0. The van der Waals surface area contributed by atoms with E-state index >= 15 is 0 Å². The number of carbonyl (C=O) groups excluding carboxylic acids is 3. The van der Waals surface area contributed by atoms with E-state index in [9.17, 15) is 24.5 Å². The normalized spacial score (nSPS) is 15.8. The molecule has 1 aliphatic heterocycles. The number of para-hydroxylation sites is 2. The quantitative estimate of drug-likeness (QED) is 0.548. The molecule has 0 aromatic heterocycles. The molecule has 2 N–H and O–H groups in total. The Hall–Kier alpha value is -3.75. The summed E-state index contributed by atoms with van der Waals surface area (Å²) in [6, 6.07) is 11.4. The van der Waals surface area contributed by atoms with Gasteiger partial charge in [-0.25, -0.2) is 0 Å². The number of hydrogen-bond donors (Lipinski definition) is 2. The van der Waals surface area contributed by atoms with Gasteiger partial charge in [-0.1, -0.05) is 24.3 Å². The average Bonchev–Trinajstić information content (AvgIpc) is 3.22. The molecular weight excluding hydrogens is 412 g/mol. The second-order valence-electron chi connectivity index (χ2n) is 8.67. The molecule has 0 unspecified atom stereocenters. The van der Waals surface area contributed by atoms with E-state index in [2.05, 4.69) is 10.6 Å². The smallest absolute Gasteiger partial charge is 0.282 e. The van der Waals surface area contributed by atoms with Crippen LogP contribution < -0.4 is 10.6 Å². The molecule has 9 heteroatoms. The van der Waals surface area contributed by atoms with Crippen molar-refractivity contribution >= 4 is 29.1 Å². The molecule has 2 aromatic carbocycles. The third kappa shape index (κ3) is 5.11. The fourth-order valence-electron chi connectivity index (χ4n) is 3.68. The van der Waals surface area contributed by atoms with Crippen molar-refractivity contribution in [1.82, 2.24) is 10.2 Å². The van der Waals surface area contributed by atoms with Gasteiger partial charge in [0.15, 0.2) is 0 Å². The number of nitro benzene ring substituents is 1. The molecule has 168 valence electrons. The van der Waals surface area contributed by atoms with Gasteiger partial charge in [0.05, 0.1) is 16.2 Å². The first kappa shape index (κ1) is 22.9. The number of rotatable bonds is 5. The zero-order chi connectivity index (χ0) is 23.5. The van der Waals surface area contributed by atoms with Crippen molar-refractivity contribution in [3.8, 4) is 0 Å². The van der Waals surface area contributed by atoms with Gasteiger partial charge in [0.1, 0.15) is 11.6 Å². The first-order chi connectivity index (χ1) is 15.1. The van der Waals surface area contributed by atoms with Gasteiger partial charge in [0.25, 0.3) is 17.5 Å². The molecule has 0 aliphatic carbocycles. The van der Waals surface area contributed by atoms with Crippen LogP contribution >= 0.6 is 0 Å². The molecule has 1 heterocycles. The highest BCUT2D eigenvalue weighted by Crippen LogP contribution is 2.26. The molecule has 2 aromatic rings. The zero-order valence-electron chi connectivity index (χ0n) is 18.3.